The van der Waals surface area contributed by atoms with Gasteiger partial charge in [0, 0.05) is 5.57 Å². The largest absolute Gasteiger partial charge is 1.00 e. The summed E-state index contributed by atoms with van der Waals surface area (Å²) in [5, 5.41) is 0. The standard InChI is InChI=1S/C15H18Br2N.ClH/c1-18(2,14-6-4-3-5-7-14)12-13-8-10-15(16,17)11-9-13;/h3-10H,11-12H2,1-2H3;1H/q+1;/p-1. The lowest BCUT2D eigenvalue weighted by Gasteiger charge is -2.31. The zero-order valence-electron chi connectivity index (χ0n) is 11.1. The molecular weight excluding hydrogens is 389 g/mol. The van der Waals surface area contributed by atoms with Crippen LogP contribution in [0.25, 0.3) is 0 Å². The summed E-state index contributed by atoms with van der Waals surface area (Å²) in [7, 11) is 4.49. The first-order chi connectivity index (χ1) is 8.39. The van der Waals surface area contributed by atoms with Gasteiger partial charge in [0.2, 0.25) is 0 Å². The third kappa shape index (κ3) is 4.75. The van der Waals surface area contributed by atoms with Crippen LogP contribution in [-0.2, 0) is 0 Å². The number of rotatable bonds is 3. The molecule has 0 amide bonds. The molecule has 0 atom stereocenters. The number of halogens is 3. The van der Waals surface area contributed by atoms with E-state index in [2.05, 4.69) is 94.5 Å². The third-order valence-electron chi connectivity index (χ3n) is 3.21. The van der Waals surface area contributed by atoms with Gasteiger partial charge in [-0.3, -0.25) is 4.48 Å². The minimum absolute atomic E-state index is 0. The second-order valence-corrected chi connectivity index (χ2v) is 9.15. The van der Waals surface area contributed by atoms with E-state index in [1.807, 2.05) is 0 Å². The van der Waals surface area contributed by atoms with Gasteiger partial charge in [-0.1, -0.05) is 68.3 Å². The molecule has 0 N–H and O–H groups in total. The van der Waals surface area contributed by atoms with Crippen molar-refractivity contribution in [2.75, 3.05) is 20.6 Å². The number of nitrogens with zero attached hydrogens (tertiary/aromatic N) is 1. The second-order valence-electron chi connectivity index (χ2n) is 5.26. The maximum Gasteiger partial charge on any atom is 0.132 e. The molecular formula is C15H18Br2ClN. The van der Waals surface area contributed by atoms with Crippen LogP contribution in [0.3, 0.4) is 0 Å². The number of quaternary nitrogens is 1. The number of benzene rings is 1. The van der Waals surface area contributed by atoms with E-state index < -0.39 is 0 Å². The molecule has 0 saturated carbocycles. The zero-order chi connectivity index (χ0) is 13.2. The Balaban J connectivity index is 0.00000180. The first-order valence-corrected chi connectivity index (χ1v) is 7.62. The van der Waals surface area contributed by atoms with Crippen molar-refractivity contribution in [3.8, 4) is 0 Å². The predicted octanol–water partition coefficient (Wildman–Crippen LogP) is 1.63. The summed E-state index contributed by atoms with van der Waals surface area (Å²) in [6.45, 7) is 1.01. The summed E-state index contributed by atoms with van der Waals surface area (Å²) in [6.07, 6.45) is 7.66. The fraction of sp³-hybridized carbons (Fsp3) is 0.333. The van der Waals surface area contributed by atoms with Gasteiger partial charge in [0.15, 0.2) is 0 Å². The summed E-state index contributed by atoms with van der Waals surface area (Å²) in [5.41, 5.74) is 2.72. The average Bonchev–Trinajstić information content (AvgIpc) is 2.33. The molecule has 1 nitrogen and oxygen atoms in total. The fourth-order valence-electron chi connectivity index (χ4n) is 2.13. The molecule has 0 fully saturated rings. The maximum atomic E-state index is 3.62. The van der Waals surface area contributed by atoms with Crippen molar-refractivity contribution in [2.45, 2.75) is 9.65 Å². The number of alkyl halides is 2. The van der Waals surface area contributed by atoms with Gasteiger partial charge in [-0.25, -0.2) is 0 Å². The topological polar surface area (TPSA) is 0 Å². The molecule has 0 saturated heterocycles. The van der Waals surface area contributed by atoms with Crippen molar-refractivity contribution >= 4 is 37.5 Å². The van der Waals surface area contributed by atoms with Crippen molar-refractivity contribution in [1.29, 1.82) is 0 Å². The Morgan fingerprint density at radius 2 is 1.79 bits per heavy atom. The van der Waals surface area contributed by atoms with Crippen molar-refractivity contribution in [2.24, 2.45) is 0 Å². The quantitative estimate of drug-likeness (QED) is 0.528. The predicted molar refractivity (Wildman–Crippen MR) is 87.4 cm³/mol. The minimum atomic E-state index is -0.0482. The lowest BCUT2D eigenvalue weighted by atomic mass is 10.1. The summed E-state index contributed by atoms with van der Waals surface area (Å²) >= 11 is 7.25. The molecule has 4 heteroatoms. The van der Waals surface area contributed by atoms with Crippen molar-refractivity contribution in [1.82, 2.24) is 4.48 Å². The maximum absolute atomic E-state index is 3.62. The second kappa shape index (κ2) is 6.57. The van der Waals surface area contributed by atoms with Crippen LogP contribution < -0.4 is 16.9 Å². The van der Waals surface area contributed by atoms with E-state index in [-0.39, 0.29) is 15.6 Å². The zero-order valence-corrected chi connectivity index (χ0v) is 15.0. The summed E-state index contributed by atoms with van der Waals surface area (Å²) in [5.74, 6) is 0. The smallest absolute Gasteiger partial charge is 0.132 e. The van der Waals surface area contributed by atoms with Gasteiger partial charge < -0.3 is 12.4 Å². The van der Waals surface area contributed by atoms with Crippen molar-refractivity contribution < 1.29 is 12.4 Å². The number of para-hydroxylation sites is 1. The van der Waals surface area contributed by atoms with Crippen LogP contribution in [0.2, 0.25) is 0 Å². The van der Waals surface area contributed by atoms with Gasteiger partial charge in [-0.15, -0.1) is 0 Å². The molecule has 1 aromatic carbocycles. The Morgan fingerprint density at radius 1 is 1.16 bits per heavy atom. The normalized spacial score (nSPS) is 17.6. The van der Waals surface area contributed by atoms with Crippen LogP contribution >= 0.6 is 31.9 Å². The third-order valence-corrected chi connectivity index (χ3v) is 4.39. The molecule has 0 aliphatic heterocycles. The van der Waals surface area contributed by atoms with Crippen LogP contribution in [0.5, 0.6) is 0 Å². The van der Waals surface area contributed by atoms with E-state index in [0.717, 1.165) is 17.4 Å². The van der Waals surface area contributed by atoms with Gasteiger partial charge in [0.1, 0.15) is 15.5 Å². The highest BCUT2D eigenvalue weighted by molar-refractivity contribution is 9.25. The van der Waals surface area contributed by atoms with Crippen LogP contribution in [0, 0.1) is 0 Å². The number of hydrogen-bond acceptors (Lipinski definition) is 0. The molecule has 0 radical (unpaired) electrons. The molecule has 1 aromatic rings. The van der Waals surface area contributed by atoms with Gasteiger partial charge >= 0.3 is 0 Å². The van der Waals surface area contributed by atoms with E-state index in [1.54, 1.807) is 0 Å². The Bertz CT molecular complexity index is 478. The Hall–Kier alpha value is -0.0900. The first-order valence-electron chi connectivity index (χ1n) is 6.04. The monoisotopic (exact) mass is 405 g/mol. The van der Waals surface area contributed by atoms with Crippen molar-refractivity contribution in [3.05, 3.63) is 54.1 Å². The van der Waals surface area contributed by atoms with Crippen LogP contribution in [-0.4, -0.2) is 23.9 Å². The van der Waals surface area contributed by atoms with Crippen LogP contribution in [0.4, 0.5) is 5.69 Å². The summed E-state index contributed by atoms with van der Waals surface area (Å²) in [4.78, 5) is 0. The van der Waals surface area contributed by atoms with E-state index >= 15 is 0 Å². The SMILES string of the molecule is C[N+](C)(CC1=CCC(Br)(Br)C=C1)c1ccccc1.[Cl-]. The van der Waals surface area contributed by atoms with Crippen LogP contribution in [0.15, 0.2) is 54.1 Å². The summed E-state index contributed by atoms with van der Waals surface area (Å²) < 4.78 is 0.821. The fourth-order valence-corrected chi connectivity index (χ4v) is 2.72. The van der Waals surface area contributed by atoms with Crippen molar-refractivity contribution in [3.63, 3.8) is 0 Å². The number of likely N-dealkylation sites (N-methyl/N-ethyl adjacent to an activating group) is 1. The number of allylic oxidation sites excluding steroid dienone is 2. The Labute approximate surface area is 138 Å². The molecule has 2 rings (SSSR count). The average molecular weight is 408 g/mol. The van der Waals surface area contributed by atoms with Crippen LogP contribution in [0.1, 0.15) is 6.42 Å². The summed E-state index contributed by atoms with van der Waals surface area (Å²) in [6, 6.07) is 10.6. The Kier molecular flexibility index (Phi) is 5.87. The molecule has 1 aliphatic rings. The minimum Gasteiger partial charge on any atom is -1.00 e. The lowest BCUT2D eigenvalue weighted by molar-refractivity contribution is -0.00000359. The molecule has 0 bridgehead atoms. The van der Waals surface area contributed by atoms with E-state index in [4.69, 9.17) is 0 Å². The molecule has 0 spiro atoms. The highest BCUT2D eigenvalue weighted by Crippen LogP contribution is 2.36. The molecule has 104 valence electrons. The van der Waals surface area contributed by atoms with E-state index in [1.165, 1.54) is 11.3 Å². The number of hydrogen-bond donors (Lipinski definition) is 0. The van der Waals surface area contributed by atoms with Gasteiger partial charge in [-0.05, 0) is 18.6 Å². The first kappa shape index (κ1) is 17.0. The lowest BCUT2D eigenvalue weighted by Crippen LogP contribution is -3.00. The molecule has 19 heavy (non-hydrogen) atoms. The Morgan fingerprint density at radius 3 is 2.32 bits per heavy atom. The van der Waals surface area contributed by atoms with Gasteiger partial charge in [-0.2, -0.15) is 0 Å². The van der Waals surface area contributed by atoms with E-state index in [0.29, 0.717) is 0 Å². The van der Waals surface area contributed by atoms with Gasteiger partial charge in [0.25, 0.3) is 0 Å². The van der Waals surface area contributed by atoms with E-state index in [9.17, 15) is 0 Å². The molecule has 0 heterocycles. The molecule has 0 unspecified atom stereocenters. The molecule has 1 aliphatic carbocycles. The molecule has 0 aromatic heterocycles. The highest BCUT2D eigenvalue weighted by atomic mass is 79.9. The highest BCUT2D eigenvalue weighted by Gasteiger charge is 2.24. The van der Waals surface area contributed by atoms with Gasteiger partial charge in [0.05, 0.1) is 14.1 Å².